The summed E-state index contributed by atoms with van der Waals surface area (Å²) in [5, 5.41) is 12.7. The second-order valence-corrected chi connectivity index (χ2v) is 24.9. The predicted octanol–water partition coefficient (Wildman–Crippen LogP) is 19.2. The lowest BCUT2D eigenvalue weighted by Gasteiger charge is -2.27. The van der Waals surface area contributed by atoms with Crippen LogP contribution in [-0.2, 0) is 23.3 Å². The summed E-state index contributed by atoms with van der Waals surface area (Å²) in [5.41, 5.74) is 22.3. The van der Waals surface area contributed by atoms with Gasteiger partial charge >= 0.3 is 0 Å². The number of aromatic hydroxyl groups is 1. The molecule has 10 aromatic rings. The van der Waals surface area contributed by atoms with E-state index in [1.165, 1.54) is 38.9 Å². The average molecular weight is 1010 g/mol. The van der Waals surface area contributed by atoms with Crippen LogP contribution in [0.15, 0.2) is 182 Å². The molecule has 1 N–H and O–H groups in total. The zero-order valence-electron chi connectivity index (χ0n) is 47.8. The first-order chi connectivity index (χ1) is 36.5. The van der Waals surface area contributed by atoms with E-state index in [9.17, 15) is 5.11 Å². The van der Waals surface area contributed by atoms with Crippen molar-refractivity contribution in [2.24, 2.45) is 7.05 Å². The third-order valence-corrected chi connectivity index (χ3v) is 15.3. The molecule has 10 rings (SSSR count). The second kappa shape index (κ2) is 20.3. The number of aromatic nitrogens is 3. The first-order valence-corrected chi connectivity index (χ1v) is 27.5. The predicted molar refractivity (Wildman–Crippen MR) is 325 cm³/mol. The fourth-order valence-corrected chi connectivity index (χ4v) is 11.0. The van der Waals surface area contributed by atoms with E-state index in [2.05, 4.69) is 295 Å². The number of rotatable bonds is 10. The minimum Gasteiger partial charge on any atom is -0.507 e. The Balaban J connectivity index is 1.25. The van der Waals surface area contributed by atoms with Gasteiger partial charge in [0.2, 0.25) is 0 Å². The number of imidazole rings is 1. The van der Waals surface area contributed by atoms with Crippen LogP contribution < -0.4 is 4.57 Å². The molecule has 0 unspecified atom stereocenters. The number of benzene rings is 8. The third-order valence-electron chi connectivity index (χ3n) is 15.3. The Morgan fingerprint density at radius 2 is 1.03 bits per heavy atom. The van der Waals surface area contributed by atoms with E-state index >= 15 is 0 Å². The van der Waals surface area contributed by atoms with Crippen molar-refractivity contribution >= 4 is 11.0 Å². The zero-order valence-corrected chi connectivity index (χ0v) is 47.8. The molecule has 0 atom stereocenters. The summed E-state index contributed by atoms with van der Waals surface area (Å²) >= 11 is 0. The average Bonchev–Trinajstić information content (AvgIpc) is 3.86. The van der Waals surface area contributed by atoms with Crippen molar-refractivity contribution in [1.29, 1.82) is 0 Å². The molecule has 388 valence electrons. The van der Waals surface area contributed by atoms with Crippen LogP contribution >= 0.6 is 0 Å². The highest BCUT2D eigenvalue weighted by molar-refractivity contribution is 5.98. The van der Waals surface area contributed by atoms with Gasteiger partial charge in [0.1, 0.15) is 18.6 Å². The van der Waals surface area contributed by atoms with Crippen LogP contribution in [0, 0.1) is 6.20 Å². The van der Waals surface area contributed by atoms with Gasteiger partial charge in [-0.2, -0.15) is 0 Å². The summed E-state index contributed by atoms with van der Waals surface area (Å²) in [7, 11) is 2.10. The molecule has 0 spiro atoms. The largest absolute Gasteiger partial charge is 0.507 e. The molecule has 0 radical (unpaired) electrons. The number of phenolic OH excluding ortho intramolecular Hbond substituents is 1. The van der Waals surface area contributed by atoms with Gasteiger partial charge in [-0.3, -0.25) is 9.13 Å². The maximum atomic E-state index is 12.7. The standard InChI is InChI=1S/C73H75N3O/c1-46(2)60-40-53(49-27-20-16-21-28-49)41-61(47(3)4)67(60)56-36-55(44-75(14)45-56)52-35-54(38-57(37-52)71(5,6)7)59-31-24-32-66-68(59)74-70(63-42-58(72(8,9)10)43-64(69(63)77)73(11,12)13)76(66)65-34-33-51(48-25-18-15-19-26-48)39-62(65)50-29-22-17-23-30-50/h15-43,45-47,77H,1-14H3. The van der Waals surface area contributed by atoms with E-state index in [1.54, 1.807) is 0 Å². The van der Waals surface area contributed by atoms with E-state index in [-0.39, 0.29) is 22.0 Å². The highest BCUT2D eigenvalue weighted by Gasteiger charge is 2.30. The summed E-state index contributed by atoms with van der Waals surface area (Å²) in [6.45, 7) is 29.4. The van der Waals surface area contributed by atoms with Gasteiger partial charge in [0, 0.05) is 16.7 Å². The number of hydrogen-bond acceptors (Lipinski definition) is 2. The van der Waals surface area contributed by atoms with E-state index < -0.39 is 0 Å². The van der Waals surface area contributed by atoms with E-state index in [4.69, 9.17) is 4.98 Å². The van der Waals surface area contributed by atoms with Crippen molar-refractivity contribution in [2.75, 3.05) is 0 Å². The van der Waals surface area contributed by atoms with Crippen LogP contribution in [0.25, 0.3) is 94.9 Å². The molecular weight excluding hydrogens is 935 g/mol. The maximum Gasteiger partial charge on any atom is 0.153 e. The monoisotopic (exact) mass is 1010 g/mol. The molecular formula is C73H75N3O. The third kappa shape index (κ3) is 10.4. The van der Waals surface area contributed by atoms with Crippen molar-refractivity contribution in [1.82, 2.24) is 9.55 Å². The lowest BCUT2D eigenvalue weighted by atomic mass is 9.79. The number of hydrogen-bond donors (Lipinski definition) is 1. The molecule has 2 heterocycles. The van der Waals surface area contributed by atoms with Gasteiger partial charge < -0.3 is 5.11 Å². The van der Waals surface area contributed by atoms with Crippen molar-refractivity contribution in [3.63, 3.8) is 0 Å². The fourth-order valence-electron chi connectivity index (χ4n) is 11.0. The summed E-state index contributed by atoms with van der Waals surface area (Å²) in [4.78, 5) is 5.79. The Bertz CT molecular complexity index is 3770. The molecule has 4 heteroatoms. The van der Waals surface area contributed by atoms with Crippen LogP contribution in [0.1, 0.15) is 130 Å². The zero-order chi connectivity index (χ0) is 54.7. The normalized spacial score (nSPS) is 12.3. The number of fused-ring (bicyclic) bond motifs is 1. The lowest BCUT2D eigenvalue weighted by Crippen LogP contribution is -2.28. The number of phenols is 1. The second-order valence-electron chi connectivity index (χ2n) is 24.9. The Labute approximate surface area is 458 Å². The quantitative estimate of drug-likeness (QED) is 0.110. The summed E-state index contributed by atoms with van der Waals surface area (Å²) in [6, 6.07) is 64.0. The van der Waals surface area contributed by atoms with Crippen molar-refractivity contribution in [2.45, 2.75) is 118 Å². The molecule has 0 aliphatic carbocycles. The maximum absolute atomic E-state index is 12.7. The Morgan fingerprint density at radius 1 is 0.468 bits per heavy atom. The van der Waals surface area contributed by atoms with Gasteiger partial charge in [-0.15, -0.1) is 6.07 Å². The van der Waals surface area contributed by atoms with Gasteiger partial charge in [0.15, 0.2) is 6.20 Å². The van der Waals surface area contributed by atoms with Gasteiger partial charge in [0.25, 0.3) is 0 Å². The van der Waals surface area contributed by atoms with Crippen LogP contribution in [0.3, 0.4) is 0 Å². The Hall–Kier alpha value is -7.82. The van der Waals surface area contributed by atoms with Gasteiger partial charge in [-0.1, -0.05) is 252 Å². The fraction of sp³-hybridized carbons (Fsp3) is 0.260. The molecule has 0 amide bonds. The number of aryl methyl sites for hydroxylation is 1. The number of pyridine rings is 1. The molecule has 0 fully saturated rings. The van der Waals surface area contributed by atoms with E-state index in [0.29, 0.717) is 23.2 Å². The smallest absolute Gasteiger partial charge is 0.153 e. The molecule has 2 aromatic heterocycles. The van der Waals surface area contributed by atoms with Gasteiger partial charge in [-0.05, 0) is 114 Å². The molecule has 0 aliphatic heterocycles. The molecule has 4 nitrogen and oxygen atoms in total. The minimum absolute atomic E-state index is 0.181. The highest BCUT2D eigenvalue weighted by Crippen LogP contribution is 2.47. The lowest BCUT2D eigenvalue weighted by molar-refractivity contribution is -0.674. The molecule has 0 bridgehead atoms. The van der Waals surface area contributed by atoms with Gasteiger partial charge in [-0.25, -0.2) is 4.98 Å². The minimum atomic E-state index is -0.346. The summed E-state index contributed by atoms with van der Waals surface area (Å²) in [5.74, 6) is 1.54. The Kier molecular flexibility index (Phi) is 13.9. The topological polar surface area (TPSA) is 41.9 Å². The number of nitrogens with zero attached hydrogens (tertiary/aromatic N) is 3. The summed E-state index contributed by atoms with van der Waals surface area (Å²) < 4.78 is 4.41. The number of para-hydroxylation sites is 1. The molecule has 8 aromatic carbocycles. The van der Waals surface area contributed by atoms with Crippen molar-refractivity contribution in [3.05, 3.63) is 216 Å². The van der Waals surface area contributed by atoms with Gasteiger partial charge in [0.05, 0.1) is 28.5 Å². The first-order valence-electron chi connectivity index (χ1n) is 27.5. The highest BCUT2D eigenvalue weighted by atomic mass is 16.3. The van der Waals surface area contributed by atoms with Crippen LogP contribution in [0.5, 0.6) is 5.75 Å². The molecule has 0 saturated heterocycles. The Morgan fingerprint density at radius 3 is 1.60 bits per heavy atom. The molecule has 0 saturated carbocycles. The van der Waals surface area contributed by atoms with E-state index in [0.717, 1.165) is 72.4 Å². The van der Waals surface area contributed by atoms with Crippen molar-refractivity contribution in [3.8, 4) is 89.6 Å². The van der Waals surface area contributed by atoms with Crippen LogP contribution in [0.4, 0.5) is 0 Å². The first kappa shape index (κ1) is 52.6. The van der Waals surface area contributed by atoms with E-state index in [1.807, 2.05) is 0 Å². The summed E-state index contributed by atoms with van der Waals surface area (Å²) in [6.07, 6.45) is 6.01. The SMILES string of the molecule is CC(C)c1cc(-c2ccccc2)cc(C(C)C)c1-c1cc(-c2cc(-c3cccc4c3nc(-c3cc(C(C)(C)C)cc(C(C)(C)C)c3O)n4-c3ccc(-c4ccccc4)cc3-c3ccccc3)cc(C(C)(C)C)c2)[c-][n+](C)c1. The van der Waals surface area contributed by atoms with Crippen LogP contribution in [0.2, 0.25) is 0 Å². The van der Waals surface area contributed by atoms with Crippen LogP contribution in [-0.4, -0.2) is 14.7 Å². The molecule has 77 heavy (non-hydrogen) atoms. The van der Waals surface area contributed by atoms with Crippen molar-refractivity contribution < 1.29 is 9.67 Å². The molecule has 0 aliphatic rings.